The first-order valence-corrected chi connectivity index (χ1v) is 11.4. The van der Waals surface area contributed by atoms with Crippen molar-refractivity contribution in [3.63, 3.8) is 0 Å². The zero-order valence-electron chi connectivity index (χ0n) is 20.9. The highest BCUT2D eigenvalue weighted by molar-refractivity contribution is 6.06. The van der Waals surface area contributed by atoms with E-state index in [1.807, 2.05) is 60.7 Å². The van der Waals surface area contributed by atoms with Gasteiger partial charge in [-0.3, -0.25) is 14.4 Å². The van der Waals surface area contributed by atoms with Crippen molar-refractivity contribution >= 4 is 23.8 Å². The predicted molar refractivity (Wildman–Crippen MR) is 131 cm³/mol. The van der Waals surface area contributed by atoms with Gasteiger partial charge < -0.3 is 20.1 Å². The fraction of sp³-hybridized carbons (Fsp3) is 0.407. The summed E-state index contributed by atoms with van der Waals surface area (Å²) in [5.41, 5.74) is -0.623. The molecule has 8 heteroatoms. The molecular formula is C27H34N2O6. The molecule has 2 aromatic carbocycles. The number of amides is 2. The molecule has 2 aromatic rings. The summed E-state index contributed by atoms with van der Waals surface area (Å²) < 4.78 is 10.5. The number of Topliss-reactive ketones (excluding diaryl/α,β-unsaturated/α-hetero) is 1. The summed E-state index contributed by atoms with van der Waals surface area (Å²) in [6, 6.07) is 17.3. The van der Waals surface area contributed by atoms with Crippen molar-refractivity contribution in [2.75, 3.05) is 6.54 Å². The molecule has 35 heavy (non-hydrogen) atoms. The average Bonchev–Trinajstić information content (AvgIpc) is 2.80. The van der Waals surface area contributed by atoms with Crippen molar-refractivity contribution < 1.29 is 28.7 Å². The first-order valence-electron chi connectivity index (χ1n) is 11.4. The third kappa shape index (κ3) is 9.23. The monoisotopic (exact) mass is 482 g/mol. The lowest BCUT2D eigenvalue weighted by molar-refractivity contribution is -0.160. The molecule has 0 bridgehead atoms. The number of ketones is 1. The second-order valence-electron chi connectivity index (χ2n) is 9.72. The van der Waals surface area contributed by atoms with E-state index in [0.29, 0.717) is 0 Å². The Morgan fingerprint density at radius 3 is 1.91 bits per heavy atom. The molecule has 0 saturated carbocycles. The molecule has 0 heterocycles. The molecule has 2 N–H and O–H groups in total. The topological polar surface area (TPSA) is 111 Å². The summed E-state index contributed by atoms with van der Waals surface area (Å²) in [5, 5.41) is 5.02. The SMILES string of the molecule is CC(C)(C)OC(=O)NCC(=O)NC(Cc1ccccc1)C(=O)C(C)(C)C(=O)OCc1ccccc1. The van der Waals surface area contributed by atoms with Gasteiger partial charge in [0.2, 0.25) is 5.91 Å². The van der Waals surface area contributed by atoms with Gasteiger partial charge in [0, 0.05) is 0 Å². The van der Waals surface area contributed by atoms with E-state index in [0.717, 1.165) is 11.1 Å². The van der Waals surface area contributed by atoms with Gasteiger partial charge in [-0.25, -0.2) is 4.79 Å². The number of hydrogen-bond acceptors (Lipinski definition) is 6. The molecule has 1 unspecified atom stereocenters. The maximum absolute atomic E-state index is 13.5. The van der Waals surface area contributed by atoms with E-state index < -0.39 is 40.8 Å². The Morgan fingerprint density at radius 1 is 0.829 bits per heavy atom. The van der Waals surface area contributed by atoms with Gasteiger partial charge in [0.15, 0.2) is 5.78 Å². The highest BCUT2D eigenvalue weighted by Crippen LogP contribution is 2.23. The number of carbonyl (C=O) groups is 4. The molecule has 0 aliphatic heterocycles. The Balaban J connectivity index is 2.09. The Labute approximate surface area is 206 Å². The van der Waals surface area contributed by atoms with Crippen molar-refractivity contribution in [2.45, 2.75) is 59.3 Å². The molecule has 0 saturated heterocycles. The maximum Gasteiger partial charge on any atom is 0.408 e. The summed E-state index contributed by atoms with van der Waals surface area (Å²) in [7, 11) is 0. The molecule has 2 amide bonds. The first kappa shape index (κ1) is 27.6. The van der Waals surface area contributed by atoms with Crippen LogP contribution in [0.4, 0.5) is 4.79 Å². The van der Waals surface area contributed by atoms with Crippen LogP contribution in [0.3, 0.4) is 0 Å². The molecule has 0 aliphatic rings. The Hall–Kier alpha value is -3.68. The minimum absolute atomic E-state index is 0.0336. The largest absolute Gasteiger partial charge is 0.460 e. The average molecular weight is 483 g/mol. The summed E-state index contributed by atoms with van der Waals surface area (Å²) >= 11 is 0. The lowest BCUT2D eigenvalue weighted by atomic mass is 9.82. The number of nitrogens with one attached hydrogen (secondary N) is 2. The Bertz CT molecular complexity index is 1010. The van der Waals surface area contributed by atoms with E-state index in [-0.39, 0.29) is 19.6 Å². The zero-order chi connectivity index (χ0) is 26.1. The second-order valence-corrected chi connectivity index (χ2v) is 9.72. The van der Waals surface area contributed by atoms with Crippen molar-refractivity contribution in [1.29, 1.82) is 0 Å². The van der Waals surface area contributed by atoms with Crippen LogP contribution >= 0.6 is 0 Å². The summed E-state index contributed by atoms with van der Waals surface area (Å²) in [6.45, 7) is 7.73. The van der Waals surface area contributed by atoms with Crippen molar-refractivity contribution in [3.05, 3.63) is 71.8 Å². The van der Waals surface area contributed by atoms with Crippen LogP contribution in [0.1, 0.15) is 45.7 Å². The van der Waals surface area contributed by atoms with Gasteiger partial charge in [-0.05, 0) is 52.2 Å². The summed E-state index contributed by atoms with van der Waals surface area (Å²) in [5.74, 6) is -1.77. The van der Waals surface area contributed by atoms with Gasteiger partial charge in [-0.1, -0.05) is 60.7 Å². The number of ether oxygens (including phenoxy) is 2. The zero-order valence-corrected chi connectivity index (χ0v) is 20.9. The van der Waals surface area contributed by atoms with E-state index in [2.05, 4.69) is 10.6 Å². The van der Waals surface area contributed by atoms with E-state index >= 15 is 0 Å². The van der Waals surface area contributed by atoms with Gasteiger partial charge in [0.05, 0.1) is 6.04 Å². The Morgan fingerprint density at radius 2 is 1.37 bits per heavy atom. The van der Waals surface area contributed by atoms with Crippen molar-refractivity contribution in [2.24, 2.45) is 5.41 Å². The molecule has 188 valence electrons. The summed E-state index contributed by atoms with van der Waals surface area (Å²) in [4.78, 5) is 50.7. The van der Waals surface area contributed by atoms with Crippen molar-refractivity contribution in [3.8, 4) is 0 Å². The number of alkyl carbamates (subject to hydrolysis) is 1. The van der Waals surface area contributed by atoms with Crippen LogP contribution in [0.2, 0.25) is 0 Å². The lowest BCUT2D eigenvalue weighted by Gasteiger charge is -2.27. The van der Waals surface area contributed by atoms with Crippen LogP contribution in [0, 0.1) is 5.41 Å². The third-order valence-electron chi connectivity index (χ3n) is 5.07. The van der Waals surface area contributed by atoms with Crippen LogP contribution in [0.25, 0.3) is 0 Å². The van der Waals surface area contributed by atoms with Gasteiger partial charge in [0.1, 0.15) is 24.2 Å². The van der Waals surface area contributed by atoms with Crippen LogP contribution in [0.15, 0.2) is 60.7 Å². The van der Waals surface area contributed by atoms with Gasteiger partial charge in [0.25, 0.3) is 0 Å². The third-order valence-corrected chi connectivity index (χ3v) is 5.07. The van der Waals surface area contributed by atoms with Crippen LogP contribution in [0.5, 0.6) is 0 Å². The van der Waals surface area contributed by atoms with Gasteiger partial charge in [-0.15, -0.1) is 0 Å². The minimum Gasteiger partial charge on any atom is -0.460 e. The van der Waals surface area contributed by atoms with Crippen molar-refractivity contribution in [1.82, 2.24) is 10.6 Å². The highest BCUT2D eigenvalue weighted by atomic mass is 16.6. The van der Waals surface area contributed by atoms with Crippen LogP contribution < -0.4 is 10.6 Å². The maximum atomic E-state index is 13.5. The minimum atomic E-state index is -1.51. The molecule has 0 radical (unpaired) electrons. The van der Waals surface area contributed by atoms with Gasteiger partial charge in [-0.2, -0.15) is 0 Å². The molecule has 8 nitrogen and oxygen atoms in total. The second kappa shape index (κ2) is 12.1. The van der Waals surface area contributed by atoms with Gasteiger partial charge >= 0.3 is 12.1 Å². The number of hydrogen-bond donors (Lipinski definition) is 2. The highest BCUT2D eigenvalue weighted by Gasteiger charge is 2.42. The number of esters is 1. The van der Waals surface area contributed by atoms with E-state index in [1.54, 1.807) is 20.8 Å². The quantitative estimate of drug-likeness (QED) is 0.396. The first-order chi connectivity index (χ1) is 16.4. The molecule has 0 aliphatic carbocycles. The molecule has 0 aromatic heterocycles. The Kier molecular flexibility index (Phi) is 9.57. The predicted octanol–water partition coefficient (Wildman–Crippen LogP) is 3.58. The standard InChI is InChI=1S/C27H34N2O6/c1-26(2,3)35-25(33)28-17-22(30)29-21(16-19-12-8-6-9-13-19)23(31)27(4,5)24(32)34-18-20-14-10-7-11-15-20/h6-15,21H,16-18H2,1-5H3,(H,28,33)(H,29,30). The molecule has 2 rings (SSSR count). The van der Waals surface area contributed by atoms with Crippen LogP contribution in [-0.2, 0) is 36.9 Å². The fourth-order valence-corrected chi connectivity index (χ4v) is 3.21. The molecule has 0 spiro atoms. The summed E-state index contributed by atoms with van der Waals surface area (Å²) in [6.07, 6.45) is -0.573. The number of benzene rings is 2. The lowest BCUT2D eigenvalue weighted by Crippen LogP contribution is -2.52. The molecular weight excluding hydrogens is 448 g/mol. The van der Waals surface area contributed by atoms with Crippen LogP contribution in [-0.4, -0.2) is 41.9 Å². The fourth-order valence-electron chi connectivity index (χ4n) is 3.21. The number of carbonyl (C=O) groups excluding carboxylic acids is 4. The normalized spacial score (nSPS) is 12.3. The number of rotatable bonds is 10. The van der Waals surface area contributed by atoms with E-state index in [9.17, 15) is 19.2 Å². The smallest absolute Gasteiger partial charge is 0.408 e. The van der Waals surface area contributed by atoms with E-state index in [1.165, 1.54) is 13.8 Å². The molecule has 1 atom stereocenters. The molecule has 0 fully saturated rings. The van der Waals surface area contributed by atoms with E-state index in [4.69, 9.17) is 9.47 Å².